The smallest absolute Gasteiger partial charge is 0.310 e. The third-order valence-electron chi connectivity index (χ3n) is 4.09. The first-order chi connectivity index (χ1) is 13.7. The van der Waals surface area contributed by atoms with Gasteiger partial charge in [0.2, 0.25) is 11.8 Å². The van der Waals surface area contributed by atoms with E-state index in [0.29, 0.717) is 17.0 Å². The average Bonchev–Trinajstić information content (AvgIpc) is 2.66. The Morgan fingerprint density at radius 3 is 2.38 bits per heavy atom. The minimum Gasteiger partial charge on any atom is -0.495 e. The van der Waals surface area contributed by atoms with E-state index in [4.69, 9.17) is 16.3 Å². The predicted octanol–water partition coefficient (Wildman–Crippen LogP) is 4.56. The normalized spacial score (nSPS) is 10.9. The summed E-state index contributed by atoms with van der Waals surface area (Å²) in [6.45, 7) is 1.45. The van der Waals surface area contributed by atoms with E-state index in [1.54, 1.807) is 13.0 Å². The first-order valence-corrected chi connectivity index (χ1v) is 8.59. The van der Waals surface area contributed by atoms with Crippen molar-refractivity contribution in [1.82, 2.24) is 9.55 Å². The van der Waals surface area contributed by atoms with Crippen molar-refractivity contribution < 1.29 is 22.3 Å². The van der Waals surface area contributed by atoms with Gasteiger partial charge in [0, 0.05) is 11.9 Å². The molecule has 0 fully saturated rings. The van der Waals surface area contributed by atoms with Crippen LogP contribution < -0.4 is 15.6 Å². The summed E-state index contributed by atoms with van der Waals surface area (Å²) in [5.41, 5.74) is -0.00830. The van der Waals surface area contributed by atoms with Crippen LogP contribution in [0, 0.1) is 30.2 Å². The van der Waals surface area contributed by atoms with Crippen LogP contribution in [-0.2, 0) is 6.54 Å². The van der Waals surface area contributed by atoms with Gasteiger partial charge in [0.25, 0.3) is 0 Å². The first-order valence-electron chi connectivity index (χ1n) is 8.21. The van der Waals surface area contributed by atoms with Crippen molar-refractivity contribution in [2.24, 2.45) is 0 Å². The van der Waals surface area contributed by atoms with E-state index in [1.807, 2.05) is 0 Å². The molecule has 2 aromatic carbocycles. The van der Waals surface area contributed by atoms with Crippen molar-refractivity contribution in [2.45, 2.75) is 13.5 Å². The molecule has 0 spiro atoms. The Morgan fingerprint density at radius 2 is 1.76 bits per heavy atom. The Bertz CT molecular complexity index is 1130. The lowest BCUT2D eigenvalue weighted by atomic mass is 10.2. The Morgan fingerprint density at radius 1 is 1.10 bits per heavy atom. The summed E-state index contributed by atoms with van der Waals surface area (Å²) in [6.07, 6.45) is 0.831. The Balaban J connectivity index is 2.03. The monoisotopic (exact) mass is 427 g/mol. The summed E-state index contributed by atoms with van der Waals surface area (Å²) in [5, 5.41) is 3.12. The van der Waals surface area contributed by atoms with Gasteiger partial charge < -0.3 is 14.6 Å². The van der Waals surface area contributed by atoms with Crippen molar-refractivity contribution in [1.29, 1.82) is 0 Å². The van der Waals surface area contributed by atoms with E-state index in [-0.39, 0.29) is 23.1 Å². The Labute approximate surface area is 167 Å². The SMILES string of the molecule is COc1cc(C)c(Nc2nc(=O)c(F)cn2Cc2cc(F)c(F)c(F)c2)cc1Cl. The van der Waals surface area contributed by atoms with Crippen molar-refractivity contribution in [3.8, 4) is 5.75 Å². The molecule has 0 radical (unpaired) electrons. The maximum Gasteiger partial charge on any atom is 0.310 e. The van der Waals surface area contributed by atoms with Gasteiger partial charge in [0.05, 0.1) is 18.7 Å². The van der Waals surface area contributed by atoms with Crippen LogP contribution in [-0.4, -0.2) is 16.7 Å². The number of hydrogen-bond donors (Lipinski definition) is 1. The molecule has 0 unspecified atom stereocenters. The van der Waals surface area contributed by atoms with Gasteiger partial charge in [-0.3, -0.25) is 4.79 Å². The highest BCUT2D eigenvalue weighted by molar-refractivity contribution is 6.32. The average molecular weight is 428 g/mol. The summed E-state index contributed by atoms with van der Waals surface area (Å²) < 4.78 is 60.2. The number of hydrogen-bond acceptors (Lipinski definition) is 4. The van der Waals surface area contributed by atoms with Gasteiger partial charge in [0.1, 0.15) is 5.75 Å². The highest BCUT2D eigenvalue weighted by atomic mass is 35.5. The van der Waals surface area contributed by atoms with Gasteiger partial charge in [-0.2, -0.15) is 9.37 Å². The summed E-state index contributed by atoms with van der Waals surface area (Å²) in [4.78, 5) is 15.3. The molecule has 1 N–H and O–H groups in total. The number of benzene rings is 2. The largest absolute Gasteiger partial charge is 0.495 e. The second-order valence-corrected chi connectivity index (χ2v) is 6.55. The van der Waals surface area contributed by atoms with E-state index in [2.05, 4.69) is 10.3 Å². The van der Waals surface area contributed by atoms with Crippen LogP contribution in [0.2, 0.25) is 5.02 Å². The fourth-order valence-corrected chi connectivity index (χ4v) is 2.89. The quantitative estimate of drug-likeness (QED) is 0.479. The molecule has 29 heavy (non-hydrogen) atoms. The molecular weight excluding hydrogens is 414 g/mol. The van der Waals surface area contributed by atoms with Crippen LogP contribution in [0.5, 0.6) is 5.75 Å². The van der Waals surface area contributed by atoms with Crippen LogP contribution in [0.4, 0.5) is 29.2 Å². The maximum atomic E-state index is 13.8. The van der Waals surface area contributed by atoms with Gasteiger partial charge in [-0.05, 0) is 42.3 Å². The molecule has 0 saturated carbocycles. The second-order valence-electron chi connectivity index (χ2n) is 6.15. The van der Waals surface area contributed by atoms with Crippen LogP contribution in [0.1, 0.15) is 11.1 Å². The minimum atomic E-state index is -1.61. The topological polar surface area (TPSA) is 56.1 Å². The molecule has 0 atom stereocenters. The van der Waals surface area contributed by atoms with Gasteiger partial charge in [-0.25, -0.2) is 13.2 Å². The number of nitrogens with one attached hydrogen (secondary N) is 1. The number of methoxy groups -OCH3 is 1. The maximum absolute atomic E-state index is 13.8. The Hall–Kier alpha value is -3.07. The molecule has 0 bridgehead atoms. The lowest BCUT2D eigenvalue weighted by molar-refractivity contribution is 0.415. The molecule has 3 aromatic rings. The summed E-state index contributed by atoms with van der Waals surface area (Å²) in [5.74, 6) is -5.23. The molecule has 3 rings (SSSR count). The highest BCUT2D eigenvalue weighted by Crippen LogP contribution is 2.32. The second kappa shape index (κ2) is 8.12. The number of aryl methyl sites for hydroxylation is 1. The number of anilines is 2. The number of nitrogens with zero attached hydrogens (tertiary/aromatic N) is 2. The van der Waals surface area contributed by atoms with Gasteiger partial charge in [0.15, 0.2) is 17.5 Å². The highest BCUT2D eigenvalue weighted by Gasteiger charge is 2.15. The number of halogens is 5. The van der Waals surface area contributed by atoms with Crippen LogP contribution >= 0.6 is 11.6 Å². The lowest BCUT2D eigenvalue weighted by Crippen LogP contribution is -2.20. The summed E-state index contributed by atoms with van der Waals surface area (Å²) in [6, 6.07) is 4.70. The molecule has 5 nitrogen and oxygen atoms in total. The van der Waals surface area contributed by atoms with E-state index in [9.17, 15) is 22.4 Å². The molecule has 0 aliphatic rings. The fourth-order valence-electron chi connectivity index (χ4n) is 2.65. The molecule has 0 saturated heterocycles. The zero-order valence-electron chi connectivity index (χ0n) is 15.2. The van der Waals surface area contributed by atoms with Gasteiger partial charge >= 0.3 is 5.56 Å². The summed E-state index contributed by atoms with van der Waals surface area (Å²) >= 11 is 6.11. The van der Waals surface area contributed by atoms with Gasteiger partial charge in [-0.1, -0.05) is 11.6 Å². The van der Waals surface area contributed by atoms with E-state index < -0.39 is 28.8 Å². The minimum absolute atomic E-state index is 0.00113. The molecule has 0 aliphatic heterocycles. The molecule has 10 heteroatoms. The molecular formula is C19H14ClF4N3O2. The van der Waals surface area contributed by atoms with Crippen molar-refractivity contribution in [3.63, 3.8) is 0 Å². The zero-order valence-corrected chi connectivity index (χ0v) is 16.0. The molecule has 1 aromatic heterocycles. The number of ether oxygens (including phenoxy) is 1. The lowest BCUT2D eigenvalue weighted by Gasteiger charge is -2.16. The third kappa shape index (κ3) is 4.34. The van der Waals surface area contributed by atoms with Crippen LogP contribution in [0.3, 0.4) is 0 Å². The number of rotatable bonds is 5. The summed E-state index contributed by atoms with van der Waals surface area (Å²) in [7, 11) is 1.45. The van der Waals surface area contributed by atoms with Crippen molar-refractivity contribution >= 4 is 23.2 Å². The molecule has 0 amide bonds. The fraction of sp³-hybridized carbons (Fsp3) is 0.158. The van der Waals surface area contributed by atoms with E-state index in [0.717, 1.165) is 22.9 Å². The first kappa shape index (κ1) is 20.7. The molecule has 1 heterocycles. The predicted molar refractivity (Wildman–Crippen MR) is 99.9 cm³/mol. The van der Waals surface area contributed by atoms with Crippen molar-refractivity contribution in [2.75, 3.05) is 12.4 Å². The zero-order chi connectivity index (χ0) is 21.3. The molecule has 0 aliphatic carbocycles. The van der Waals surface area contributed by atoms with E-state index in [1.165, 1.54) is 13.2 Å². The van der Waals surface area contributed by atoms with E-state index >= 15 is 0 Å². The molecule has 152 valence electrons. The van der Waals surface area contributed by atoms with Crippen LogP contribution in [0.15, 0.2) is 35.3 Å². The third-order valence-corrected chi connectivity index (χ3v) is 4.39. The number of aromatic nitrogens is 2. The van der Waals surface area contributed by atoms with Crippen LogP contribution in [0.25, 0.3) is 0 Å². The Kier molecular flexibility index (Phi) is 5.78. The van der Waals surface area contributed by atoms with Crippen molar-refractivity contribution in [3.05, 3.63) is 80.2 Å². The van der Waals surface area contributed by atoms with Gasteiger partial charge in [-0.15, -0.1) is 0 Å². The standard InChI is InChI=1S/C19H14ClF4N3O2/c1-9-3-16(29-2)11(20)6-15(9)25-19-26-18(28)14(23)8-27(19)7-10-4-12(21)17(24)13(22)5-10/h3-6,8H,7H2,1-2H3,(H,25,26,28).